The van der Waals surface area contributed by atoms with Gasteiger partial charge in [-0.15, -0.1) is 11.3 Å². The van der Waals surface area contributed by atoms with Crippen molar-refractivity contribution in [2.45, 2.75) is 6.04 Å². The molecule has 0 fully saturated rings. The number of benzene rings is 1. The van der Waals surface area contributed by atoms with Gasteiger partial charge in [0.05, 0.1) is 11.7 Å². The zero-order valence-electron chi connectivity index (χ0n) is 10.1. The van der Waals surface area contributed by atoms with Gasteiger partial charge in [-0.25, -0.2) is 4.98 Å². The summed E-state index contributed by atoms with van der Waals surface area (Å²) in [5, 5.41) is 3.17. The minimum atomic E-state index is 0.206. The van der Waals surface area contributed by atoms with E-state index in [9.17, 15) is 0 Å². The molecule has 0 aliphatic rings. The van der Waals surface area contributed by atoms with Crippen LogP contribution in [-0.2, 0) is 0 Å². The molecule has 90 valence electrons. The normalized spacial score (nSPS) is 12.9. The SMILES string of the molecule is CN(C)C(CN)c1nc(-c2ccccc2)cs1. The smallest absolute Gasteiger partial charge is 0.112 e. The van der Waals surface area contributed by atoms with Crippen LogP contribution in [0.15, 0.2) is 35.7 Å². The molecule has 1 aromatic carbocycles. The third-order valence-corrected chi connectivity index (χ3v) is 3.67. The summed E-state index contributed by atoms with van der Waals surface area (Å²) in [6.45, 7) is 0.592. The van der Waals surface area contributed by atoms with Crippen LogP contribution in [0, 0.1) is 0 Å². The third kappa shape index (κ3) is 2.72. The van der Waals surface area contributed by atoms with Crippen LogP contribution in [-0.4, -0.2) is 30.5 Å². The van der Waals surface area contributed by atoms with Crippen molar-refractivity contribution in [3.05, 3.63) is 40.7 Å². The molecule has 2 rings (SSSR count). The Morgan fingerprint density at radius 2 is 2.00 bits per heavy atom. The average Bonchev–Trinajstić information content (AvgIpc) is 2.80. The number of nitrogens with zero attached hydrogens (tertiary/aromatic N) is 2. The molecule has 1 atom stereocenters. The van der Waals surface area contributed by atoms with Crippen molar-refractivity contribution in [1.82, 2.24) is 9.88 Å². The van der Waals surface area contributed by atoms with E-state index >= 15 is 0 Å². The molecule has 0 amide bonds. The number of hydrogen-bond acceptors (Lipinski definition) is 4. The topological polar surface area (TPSA) is 42.1 Å². The molecule has 1 unspecified atom stereocenters. The van der Waals surface area contributed by atoms with Crippen LogP contribution in [0.25, 0.3) is 11.3 Å². The summed E-state index contributed by atoms with van der Waals surface area (Å²) in [6, 6.07) is 10.4. The van der Waals surface area contributed by atoms with E-state index in [1.165, 1.54) is 0 Å². The minimum absolute atomic E-state index is 0.206. The van der Waals surface area contributed by atoms with E-state index in [1.54, 1.807) is 11.3 Å². The molecule has 2 aromatic rings. The summed E-state index contributed by atoms with van der Waals surface area (Å²) >= 11 is 1.67. The average molecular weight is 247 g/mol. The third-order valence-electron chi connectivity index (χ3n) is 2.72. The van der Waals surface area contributed by atoms with Crippen LogP contribution in [0.2, 0.25) is 0 Å². The van der Waals surface area contributed by atoms with Gasteiger partial charge in [-0.1, -0.05) is 30.3 Å². The molecule has 0 bridgehead atoms. The summed E-state index contributed by atoms with van der Waals surface area (Å²) in [5.74, 6) is 0. The molecule has 17 heavy (non-hydrogen) atoms. The zero-order valence-corrected chi connectivity index (χ0v) is 10.9. The van der Waals surface area contributed by atoms with Gasteiger partial charge in [0.25, 0.3) is 0 Å². The van der Waals surface area contributed by atoms with Crippen molar-refractivity contribution >= 4 is 11.3 Å². The lowest BCUT2D eigenvalue weighted by Crippen LogP contribution is -2.26. The van der Waals surface area contributed by atoms with E-state index in [4.69, 9.17) is 5.73 Å². The van der Waals surface area contributed by atoms with Crippen molar-refractivity contribution in [3.63, 3.8) is 0 Å². The predicted octanol–water partition coefficient (Wildman–Crippen LogP) is 2.37. The largest absolute Gasteiger partial charge is 0.329 e. The van der Waals surface area contributed by atoms with Gasteiger partial charge in [-0.05, 0) is 14.1 Å². The van der Waals surface area contributed by atoms with Gasteiger partial charge < -0.3 is 5.73 Å². The second-order valence-electron chi connectivity index (χ2n) is 4.15. The van der Waals surface area contributed by atoms with Gasteiger partial charge in [0.1, 0.15) is 5.01 Å². The van der Waals surface area contributed by atoms with Crippen molar-refractivity contribution in [1.29, 1.82) is 0 Å². The first-order chi connectivity index (χ1) is 8.22. The van der Waals surface area contributed by atoms with Gasteiger partial charge >= 0.3 is 0 Å². The van der Waals surface area contributed by atoms with Gasteiger partial charge in [-0.2, -0.15) is 0 Å². The summed E-state index contributed by atoms with van der Waals surface area (Å²) < 4.78 is 0. The fourth-order valence-electron chi connectivity index (χ4n) is 1.71. The van der Waals surface area contributed by atoms with Crippen LogP contribution in [0.3, 0.4) is 0 Å². The molecule has 2 N–H and O–H groups in total. The van der Waals surface area contributed by atoms with Gasteiger partial charge in [0.15, 0.2) is 0 Å². The summed E-state index contributed by atoms with van der Waals surface area (Å²) in [4.78, 5) is 6.77. The Morgan fingerprint density at radius 1 is 1.29 bits per heavy atom. The predicted molar refractivity (Wildman–Crippen MR) is 73.0 cm³/mol. The molecule has 1 heterocycles. The Morgan fingerprint density at radius 3 is 2.59 bits per heavy atom. The summed E-state index contributed by atoms with van der Waals surface area (Å²) in [7, 11) is 4.06. The maximum atomic E-state index is 5.78. The Hall–Kier alpha value is -1.23. The molecule has 0 spiro atoms. The lowest BCUT2D eigenvalue weighted by molar-refractivity contribution is 0.305. The monoisotopic (exact) mass is 247 g/mol. The second kappa shape index (κ2) is 5.40. The first kappa shape index (κ1) is 12.2. The highest BCUT2D eigenvalue weighted by atomic mass is 32.1. The van der Waals surface area contributed by atoms with Crippen LogP contribution < -0.4 is 5.73 Å². The Kier molecular flexibility index (Phi) is 3.89. The molecule has 3 nitrogen and oxygen atoms in total. The molecule has 1 aromatic heterocycles. The quantitative estimate of drug-likeness (QED) is 0.902. The van der Waals surface area contributed by atoms with E-state index in [0.29, 0.717) is 6.54 Å². The fourth-order valence-corrected chi connectivity index (χ4v) is 2.75. The van der Waals surface area contributed by atoms with Crippen molar-refractivity contribution in [3.8, 4) is 11.3 Å². The highest BCUT2D eigenvalue weighted by Crippen LogP contribution is 2.26. The number of hydrogen-bond donors (Lipinski definition) is 1. The van der Waals surface area contributed by atoms with E-state index in [0.717, 1.165) is 16.3 Å². The van der Waals surface area contributed by atoms with E-state index in [2.05, 4.69) is 27.4 Å². The molecule has 4 heteroatoms. The van der Waals surface area contributed by atoms with Crippen molar-refractivity contribution in [2.75, 3.05) is 20.6 Å². The highest BCUT2D eigenvalue weighted by molar-refractivity contribution is 7.10. The van der Waals surface area contributed by atoms with Crippen LogP contribution in [0.5, 0.6) is 0 Å². The number of rotatable bonds is 4. The minimum Gasteiger partial charge on any atom is -0.329 e. The number of aromatic nitrogens is 1. The maximum absolute atomic E-state index is 5.78. The van der Waals surface area contributed by atoms with Crippen molar-refractivity contribution in [2.24, 2.45) is 5.73 Å². The Balaban J connectivity index is 2.27. The van der Waals surface area contributed by atoms with Crippen molar-refractivity contribution < 1.29 is 0 Å². The van der Waals surface area contributed by atoms with Crippen LogP contribution in [0.1, 0.15) is 11.0 Å². The number of likely N-dealkylation sites (N-methyl/N-ethyl adjacent to an activating group) is 1. The van der Waals surface area contributed by atoms with E-state index < -0.39 is 0 Å². The summed E-state index contributed by atoms with van der Waals surface area (Å²) in [5.41, 5.74) is 7.97. The first-order valence-corrected chi connectivity index (χ1v) is 6.47. The molecule has 0 saturated heterocycles. The van der Waals surface area contributed by atoms with Gasteiger partial charge in [-0.3, -0.25) is 4.90 Å². The Bertz CT molecular complexity index is 465. The molecular weight excluding hydrogens is 230 g/mol. The van der Waals surface area contributed by atoms with Gasteiger partial charge in [0.2, 0.25) is 0 Å². The maximum Gasteiger partial charge on any atom is 0.112 e. The fraction of sp³-hybridized carbons (Fsp3) is 0.308. The summed E-state index contributed by atoms with van der Waals surface area (Å²) in [6.07, 6.45) is 0. The van der Waals surface area contributed by atoms with Crippen LogP contribution in [0.4, 0.5) is 0 Å². The highest BCUT2D eigenvalue weighted by Gasteiger charge is 2.16. The van der Waals surface area contributed by atoms with Crippen LogP contribution >= 0.6 is 11.3 Å². The molecule has 0 radical (unpaired) electrons. The second-order valence-corrected chi connectivity index (χ2v) is 5.04. The van der Waals surface area contributed by atoms with E-state index in [-0.39, 0.29) is 6.04 Å². The number of nitrogens with two attached hydrogens (primary N) is 1. The first-order valence-electron chi connectivity index (χ1n) is 5.59. The zero-order chi connectivity index (χ0) is 12.3. The molecule has 0 saturated carbocycles. The van der Waals surface area contributed by atoms with Gasteiger partial charge in [0, 0.05) is 17.5 Å². The standard InChI is InChI=1S/C13H17N3S/c1-16(2)12(8-14)13-15-11(9-17-13)10-6-4-3-5-7-10/h3-7,9,12H,8,14H2,1-2H3. The molecule has 0 aliphatic heterocycles. The Labute approximate surface area is 106 Å². The molecular formula is C13H17N3S. The molecule has 0 aliphatic carbocycles. The number of thiazole rings is 1. The lowest BCUT2D eigenvalue weighted by atomic mass is 10.2. The lowest BCUT2D eigenvalue weighted by Gasteiger charge is -2.19. The van der Waals surface area contributed by atoms with E-state index in [1.807, 2.05) is 32.3 Å².